The van der Waals surface area contributed by atoms with E-state index in [2.05, 4.69) is 19.2 Å². The van der Waals surface area contributed by atoms with Gasteiger partial charge in [0, 0.05) is 18.2 Å². The fraction of sp³-hybridized carbons (Fsp3) is 0.333. The van der Waals surface area contributed by atoms with E-state index in [9.17, 15) is 0 Å². The molecule has 0 saturated heterocycles. The topological polar surface area (TPSA) is 34.4 Å². The second-order valence-corrected chi connectivity index (χ2v) is 5.08. The summed E-state index contributed by atoms with van der Waals surface area (Å²) in [7, 11) is 0. The maximum atomic E-state index is 6.01. The van der Waals surface area contributed by atoms with E-state index in [4.69, 9.17) is 20.8 Å². The lowest BCUT2D eigenvalue weighted by Crippen LogP contribution is -2.21. The van der Waals surface area contributed by atoms with Gasteiger partial charge in [-0.1, -0.05) is 37.6 Å². The molecule has 19 heavy (non-hydrogen) atoms. The Morgan fingerprint density at radius 2 is 2.11 bits per heavy atom. The smallest absolute Gasteiger partial charge is 0.146 e. The van der Waals surface area contributed by atoms with Crippen molar-refractivity contribution < 1.29 is 9.15 Å². The van der Waals surface area contributed by atoms with E-state index >= 15 is 0 Å². The summed E-state index contributed by atoms with van der Waals surface area (Å²) >= 11 is 6.01. The Labute approximate surface area is 118 Å². The molecule has 0 atom stereocenters. The molecule has 0 radical (unpaired) electrons. The van der Waals surface area contributed by atoms with Crippen LogP contribution < -0.4 is 10.1 Å². The molecule has 1 heterocycles. The molecule has 1 N–H and O–H groups in total. The molecule has 0 saturated carbocycles. The van der Waals surface area contributed by atoms with E-state index in [1.165, 1.54) is 0 Å². The summed E-state index contributed by atoms with van der Waals surface area (Å²) < 4.78 is 11.1. The number of halogens is 1. The van der Waals surface area contributed by atoms with Crippen molar-refractivity contribution in [3.8, 4) is 5.75 Å². The summed E-state index contributed by atoms with van der Waals surface area (Å²) in [6, 6.07) is 9.85. The third-order valence-corrected chi connectivity index (χ3v) is 2.94. The van der Waals surface area contributed by atoms with Gasteiger partial charge in [0.05, 0.1) is 11.3 Å². The molecule has 0 aliphatic carbocycles. The van der Waals surface area contributed by atoms with E-state index in [0.717, 1.165) is 17.9 Å². The Morgan fingerprint density at radius 3 is 2.84 bits per heavy atom. The molecule has 1 aromatic heterocycles. The van der Waals surface area contributed by atoms with Crippen LogP contribution in [0.5, 0.6) is 5.75 Å². The summed E-state index contributed by atoms with van der Waals surface area (Å²) in [5.74, 6) is 1.46. The Kier molecular flexibility index (Phi) is 4.88. The molecule has 0 unspecified atom stereocenters. The van der Waals surface area contributed by atoms with Crippen molar-refractivity contribution in [2.45, 2.75) is 33.0 Å². The molecule has 0 fully saturated rings. The van der Waals surface area contributed by atoms with Crippen LogP contribution in [0.4, 0.5) is 0 Å². The first kappa shape index (κ1) is 14.0. The van der Waals surface area contributed by atoms with Crippen LogP contribution in [0.25, 0.3) is 0 Å². The van der Waals surface area contributed by atoms with E-state index in [1.807, 2.05) is 24.3 Å². The highest BCUT2D eigenvalue weighted by Gasteiger charge is 2.05. The fourth-order valence-corrected chi connectivity index (χ4v) is 1.82. The lowest BCUT2D eigenvalue weighted by atomic mass is 10.3. The van der Waals surface area contributed by atoms with Gasteiger partial charge >= 0.3 is 0 Å². The molecule has 0 bridgehead atoms. The molecular weight excluding hydrogens is 262 g/mol. The van der Waals surface area contributed by atoms with Crippen LogP contribution >= 0.6 is 11.6 Å². The summed E-state index contributed by atoms with van der Waals surface area (Å²) in [6.07, 6.45) is 1.75. The van der Waals surface area contributed by atoms with Gasteiger partial charge in [0.2, 0.25) is 0 Å². The molecule has 0 amide bonds. The van der Waals surface area contributed by atoms with Gasteiger partial charge in [-0.15, -0.1) is 0 Å². The third-order valence-electron chi connectivity index (χ3n) is 2.63. The highest BCUT2D eigenvalue weighted by molar-refractivity contribution is 6.32. The number of rotatable bonds is 6. The summed E-state index contributed by atoms with van der Waals surface area (Å²) in [5.41, 5.74) is 1.12. The van der Waals surface area contributed by atoms with Crippen molar-refractivity contribution in [3.05, 3.63) is 52.9 Å². The Morgan fingerprint density at radius 1 is 1.32 bits per heavy atom. The summed E-state index contributed by atoms with van der Waals surface area (Å²) in [5, 5.41) is 3.94. The monoisotopic (exact) mass is 279 g/mol. The second-order valence-electron chi connectivity index (χ2n) is 4.68. The van der Waals surface area contributed by atoms with Crippen molar-refractivity contribution in [2.75, 3.05) is 0 Å². The number of ether oxygens (including phenoxy) is 1. The zero-order chi connectivity index (χ0) is 13.7. The maximum Gasteiger partial charge on any atom is 0.146 e. The van der Waals surface area contributed by atoms with Gasteiger partial charge in [0.1, 0.15) is 18.1 Å². The largest absolute Gasteiger partial charge is 0.484 e. The predicted molar refractivity (Wildman–Crippen MR) is 76.5 cm³/mol. The van der Waals surface area contributed by atoms with E-state index in [0.29, 0.717) is 23.4 Å². The SMILES string of the molecule is CC(C)NCc1coc(COc2ccccc2Cl)c1. The lowest BCUT2D eigenvalue weighted by Gasteiger charge is -2.05. The first-order chi connectivity index (χ1) is 9.15. The van der Waals surface area contributed by atoms with Crippen molar-refractivity contribution in [2.24, 2.45) is 0 Å². The number of hydrogen-bond donors (Lipinski definition) is 1. The van der Waals surface area contributed by atoms with Crippen molar-refractivity contribution in [1.82, 2.24) is 5.32 Å². The normalized spacial score (nSPS) is 10.9. The number of hydrogen-bond acceptors (Lipinski definition) is 3. The average Bonchev–Trinajstić information content (AvgIpc) is 2.83. The van der Waals surface area contributed by atoms with Gasteiger partial charge in [0.25, 0.3) is 0 Å². The van der Waals surface area contributed by atoms with Crippen molar-refractivity contribution in [1.29, 1.82) is 0 Å². The molecule has 1 aromatic carbocycles. The Hall–Kier alpha value is -1.45. The number of benzene rings is 1. The van der Waals surface area contributed by atoms with Gasteiger partial charge < -0.3 is 14.5 Å². The van der Waals surface area contributed by atoms with Crippen molar-refractivity contribution in [3.63, 3.8) is 0 Å². The Balaban J connectivity index is 1.88. The third kappa shape index (κ3) is 4.30. The van der Waals surface area contributed by atoms with Crippen molar-refractivity contribution >= 4 is 11.6 Å². The van der Waals surface area contributed by atoms with E-state index < -0.39 is 0 Å². The molecular formula is C15H18ClNO2. The quantitative estimate of drug-likeness (QED) is 0.867. The molecule has 102 valence electrons. The molecule has 4 heteroatoms. The first-order valence-corrected chi connectivity index (χ1v) is 6.70. The lowest BCUT2D eigenvalue weighted by molar-refractivity contribution is 0.270. The van der Waals surface area contributed by atoms with Crippen LogP contribution in [0, 0.1) is 0 Å². The zero-order valence-corrected chi connectivity index (χ0v) is 11.9. The molecule has 0 aliphatic heterocycles. The van der Waals surface area contributed by atoms with Gasteiger partial charge in [-0.3, -0.25) is 0 Å². The highest BCUT2D eigenvalue weighted by Crippen LogP contribution is 2.24. The van der Waals surface area contributed by atoms with Crippen LogP contribution in [0.3, 0.4) is 0 Å². The molecule has 0 aliphatic rings. The average molecular weight is 280 g/mol. The molecule has 2 rings (SSSR count). The van der Waals surface area contributed by atoms with Crippen LogP contribution in [0.15, 0.2) is 41.0 Å². The second kappa shape index (κ2) is 6.64. The number of para-hydroxylation sites is 1. The van der Waals surface area contributed by atoms with Gasteiger partial charge in [-0.05, 0) is 18.2 Å². The van der Waals surface area contributed by atoms with Gasteiger partial charge in [0.15, 0.2) is 0 Å². The first-order valence-electron chi connectivity index (χ1n) is 6.32. The molecule has 2 aromatic rings. The fourth-order valence-electron chi connectivity index (χ4n) is 1.63. The van der Waals surface area contributed by atoms with Crippen LogP contribution in [0.2, 0.25) is 5.02 Å². The number of nitrogens with one attached hydrogen (secondary N) is 1. The predicted octanol–water partition coefficient (Wildman–Crippen LogP) is 4.01. The minimum atomic E-state index is 0.380. The van der Waals surface area contributed by atoms with Gasteiger partial charge in [-0.2, -0.15) is 0 Å². The van der Waals surface area contributed by atoms with Crippen LogP contribution in [-0.2, 0) is 13.2 Å². The molecule has 0 spiro atoms. The standard InChI is InChI=1S/C15H18ClNO2/c1-11(2)17-8-12-7-13(18-9-12)10-19-15-6-4-3-5-14(15)16/h3-7,9,11,17H,8,10H2,1-2H3. The summed E-state index contributed by atoms with van der Waals surface area (Å²) in [4.78, 5) is 0. The Bertz CT molecular complexity index is 522. The summed E-state index contributed by atoms with van der Waals surface area (Å²) in [6.45, 7) is 5.40. The van der Waals surface area contributed by atoms with E-state index in [1.54, 1.807) is 12.3 Å². The van der Waals surface area contributed by atoms with Crippen LogP contribution in [0.1, 0.15) is 25.2 Å². The minimum absolute atomic E-state index is 0.380. The molecule has 3 nitrogen and oxygen atoms in total. The van der Waals surface area contributed by atoms with Crippen LogP contribution in [-0.4, -0.2) is 6.04 Å². The van der Waals surface area contributed by atoms with E-state index in [-0.39, 0.29) is 0 Å². The maximum absolute atomic E-state index is 6.01. The highest BCUT2D eigenvalue weighted by atomic mass is 35.5. The van der Waals surface area contributed by atoms with Gasteiger partial charge in [-0.25, -0.2) is 0 Å². The number of furan rings is 1. The zero-order valence-electron chi connectivity index (χ0n) is 11.2. The minimum Gasteiger partial charge on any atom is -0.484 e.